The van der Waals surface area contributed by atoms with E-state index >= 15 is 0 Å². The third kappa shape index (κ3) is 3.96. The molecule has 0 aliphatic carbocycles. The van der Waals surface area contributed by atoms with Gasteiger partial charge in [0.25, 0.3) is 0 Å². The molecule has 1 fully saturated rings. The fourth-order valence-electron chi connectivity index (χ4n) is 2.37. The molecular formula is C18H16N2O2S2. The van der Waals surface area contributed by atoms with Crippen molar-refractivity contribution in [3.63, 3.8) is 0 Å². The average molecular weight is 356 g/mol. The third-order valence-electron chi connectivity index (χ3n) is 3.54. The normalized spacial score (nSPS) is 16.2. The van der Waals surface area contributed by atoms with Crippen molar-refractivity contribution in [1.82, 2.24) is 10.2 Å². The molecule has 24 heavy (non-hydrogen) atoms. The number of benzene rings is 2. The molecule has 0 saturated carbocycles. The fraction of sp³-hybridized carbons (Fsp3) is 0.111. The van der Waals surface area contributed by atoms with Crippen molar-refractivity contribution in [3.8, 4) is 0 Å². The predicted molar refractivity (Wildman–Crippen MR) is 100 cm³/mol. The third-order valence-corrected chi connectivity index (χ3v) is 5.30. The number of amides is 1. The lowest BCUT2D eigenvalue weighted by Crippen LogP contribution is -2.24. The van der Waals surface area contributed by atoms with E-state index < -0.39 is 10.8 Å². The van der Waals surface area contributed by atoms with Crippen LogP contribution in [0.25, 0.3) is 4.91 Å². The molecule has 1 atom stereocenters. The van der Waals surface area contributed by atoms with Gasteiger partial charge in [-0.15, -0.1) is 0 Å². The number of hydrogen-bond donors (Lipinski definition) is 1. The average Bonchev–Trinajstić information content (AvgIpc) is 2.91. The van der Waals surface area contributed by atoms with Crippen molar-refractivity contribution in [1.29, 1.82) is 0 Å². The van der Waals surface area contributed by atoms with Gasteiger partial charge in [0, 0.05) is 6.20 Å². The van der Waals surface area contributed by atoms with Crippen molar-refractivity contribution < 1.29 is 9.00 Å². The van der Waals surface area contributed by atoms with Crippen molar-refractivity contribution in [2.24, 2.45) is 0 Å². The monoisotopic (exact) mass is 356 g/mol. The number of thiocarbonyl (C=S) groups is 1. The molecule has 0 bridgehead atoms. The van der Waals surface area contributed by atoms with Crippen LogP contribution in [0.15, 0.2) is 66.9 Å². The van der Waals surface area contributed by atoms with E-state index in [2.05, 4.69) is 5.32 Å². The summed E-state index contributed by atoms with van der Waals surface area (Å²) in [4.78, 5) is 13.8. The molecule has 0 radical (unpaired) electrons. The van der Waals surface area contributed by atoms with E-state index in [4.69, 9.17) is 12.2 Å². The second-order valence-corrected chi connectivity index (χ2v) is 7.12. The molecule has 1 amide bonds. The van der Waals surface area contributed by atoms with Gasteiger partial charge in [0.1, 0.15) is 6.54 Å². The van der Waals surface area contributed by atoms with E-state index in [1.807, 2.05) is 60.7 Å². The zero-order chi connectivity index (χ0) is 16.9. The van der Waals surface area contributed by atoms with Crippen molar-refractivity contribution in [2.45, 2.75) is 5.75 Å². The summed E-state index contributed by atoms with van der Waals surface area (Å²) in [5.74, 6) is 0.251. The Morgan fingerprint density at radius 2 is 1.75 bits per heavy atom. The van der Waals surface area contributed by atoms with Crippen LogP contribution in [0, 0.1) is 0 Å². The molecule has 122 valence electrons. The lowest BCUT2D eigenvalue weighted by atomic mass is 10.2. The zero-order valence-corrected chi connectivity index (χ0v) is 14.5. The van der Waals surface area contributed by atoms with Gasteiger partial charge < -0.3 is 10.2 Å². The summed E-state index contributed by atoms with van der Waals surface area (Å²) < 4.78 is 13.0. The van der Waals surface area contributed by atoms with Gasteiger partial charge in [-0.05, 0) is 23.3 Å². The standard InChI is InChI=1S/C18H16N2O2S2/c21-17-12-20(18(23)19-17)11-16(15-9-5-2-6-10-15)24(22)13-14-7-3-1-4-8-14/h1-11H,12-13H2,(H,19,21,23)/b16-11-. The maximum atomic E-state index is 13.0. The van der Waals surface area contributed by atoms with E-state index in [1.54, 1.807) is 11.1 Å². The summed E-state index contributed by atoms with van der Waals surface area (Å²) in [5, 5.41) is 2.93. The quantitative estimate of drug-likeness (QED) is 0.837. The summed E-state index contributed by atoms with van der Waals surface area (Å²) in [6.07, 6.45) is 1.72. The molecule has 4 nitrogen and oxygen atoms in total. The molecule has 1 N–H and O–H groups in total. The molecule has 2 aromatic rings. The highest BCUT2D eigenvalue weighted by Gasteiger charge is 2.23. The summed E-state index contributed by atoms with van der Waals surface area (Å²) in [6.45, 7) is 0.150. The molecule has 1 unspecified atom stereocenters. The van der Waals surface area contributed by atoms with Crippen LogP contribution in [0.3, 0.4) is 0 Å². The summed E-state index contributed by atoms with van der Waals surface area (Å²) >= 11 is 5.15. The maximum Gasteiger partial charge on any atom is 0.246 e. The van der Waals surface area contributed by atoms with Crippen LogP contribution in [0.5, 0.6) is 0 Å². The number of rotatable bonds is 5. The predicted octanol–water partition coefficient (Wildman–Crippen LogP) is 2.65. The van der Waals surface area contributed by atoms with Gasteiger partial charge in [-0.25, -0.2) is 0 Å². The molecule has 3 rings (SSSR count). The SMILES string of the molecule is O=C1CN(/C=C(/c2ccccc2)S(=O)Cc2ccccc2)C(=S)N1. The lowest BCUT2D eigenvalue weighted by molar-refractivity contribution is -0.118. The summed E-state index contributed by atoms with van der Waals surface area (Å²) in [5.41, 5.74) is 1.85. The number of carbonyl (C=O) groups is 1. The van der Waals surface area contributed by atoms with E-state index in [1.165, 1.54) is 0 Å². The van der Waals surface area contributed by atoms with Gasteiger partial charge in [-0.3, -0.25) is 9.00 Å². The molecule has 1 aliphatic heterocycles. The Balaban J connectivity index is 1.92. The topological polar surface area (TPSA) is 49.4 Å². The molecular weight excluding hydrogens is 340 g/mol. The minimum Gasteiger partial charge on any atom is -0.315 e. The van der Waals surface area contributed by atoms with Gasteiger partial charge in [0.05, 0.1) is 21.5 Å². The second-order valence-electron chi connectivity index (χ2n) is 5.32. The van der Waals surface area contributed by atoms with Crippen LogP contribution >= 0.6 is 12.2 Å². The molecule has 6 heteroatoms. The van der Waals surface area contributed by atoms with Crippen molar-refractivity contribution >= 4 is 38.9 Å². The largest absolute Gasteiger partial charge is 0.315 e. The van der Waals surface area contributed by atoms with Crippen LogP contribution in [0.1, 0.15) is 11.1 Å². The molecule has 1 aliphatic rings. The van der Waals surface area contributed by atoms with E-state index in [-0.39, 0.29) is 12.5 Å². The smallest absolute Gasteiger partial charge is 0.246 e. The first kappa shape index (κ1) is 16.5. The molecule has 0 aromatic heterocycles. The van der Waals surface area contributed by atoms with E-state index in [0.717, 1.165) is 11.1 Å². The Hall–Kier alpha value is -2.31. The summed E-state index contributed by atoms with van der Waals surface area (Å²) in [6, 6.07) is 19.2. The van der Waals surface area contributed by atoms with Crippen LogP contribution in [0.2, 0.25) is 0 Å². The first-order valence-corrected chi connectivity index (χ1v) is 9.16. The number of nitrogens with one attached hydrogen (secondary N) is 1. The highest BCUT2D eigenvalue weighted by molar-refractivity contribution is 7.93. The van der Waals surface area contributed by atoms with Crippen molar-refractivity contribution in [2.75, 3.05) is 6.54 Å². The summed E-state index contributed by atoms with van der Waals surface area (Å²) in [7, 11) is -1.26. The zero-order valence-electron chi connectivity index (χ0n) is 12.8. The second kappa shape index (κ2) is 7.51. The van der Waals surface area contributed by atoms with Gasteiger partial charge in [0.15, 0.2) is 5.11 Å². The van der Waals surface area contributed by atoms with Gasteiger partial charge >= 0.3 is 0 Å². The lowest BCUT2D eigenvalue weighted by Gasteiger charge is -2.14. The Morgan fingerprint density at radius 3 is 2.33 bits per heavy atom. The first-order valence-electron chi connectivity index (χ1n) is 7.43. The molecule has 2 aromatic carbocycles. The molecule has 1 heterocycles. The van der Waals surface area contributed by atoms with Crippen LogP contribution in [0.4, 0.5) is 0 Å². The van der Waals surface area contributed by atoms with Gasteiger partial charge in [-0.1, -0.05) is 60.7 Å². The molecule has 0 spiro atoms. The molecule has 1 saturated heterocycles. The van der Waals surface area contributed by atoms with E-state index in [9.17, 15) is 9.00 Å². The Labute approximate surface area is 148 Å². The van der Waals surface area contributed by atoms with Crippen molar-refractivity contribution in [3.05, 3.63) is 78.0 Å². The number of carbonyl (C=O) groups excluding carboxylic acids is 1. The Kier molecular flexibility index (Phi) is 5.17. The number of nitrogens with zero attached hydrogens (tertiary/aromatic N) is 1. The minimum absolute atomic E-state index is 0.150. The highest BCUT2D eigenvalue weighted by Crippen LogP contribution is 2.22. The fourth-order valence-corrected chi connectivity index (χ4v) is 3.90. The minimum atomic E-state index is -1.26. The Morgan fingerprint density at radius 1 is 1.12 bits per heavy atom. The maximum absolute atomic E-state index is 13.0. The van der Waals surface area contributed by atoms with Gasteiger partial charge in [-0.2, -0.15) is 0 Å². The Bertz CT molecular complexity index is 804. The van der Waals surface area contributed by atoms with Crippen LogP contribution < -0.4 is 5.32 Å². The van der Waals surface area contributed by atoms with Crippen LogP contribution in [-0.4, -0.2) is 26.7 Å². The number of hydrogen-bond acceptors (Lipinski definition) is 3. The highest BCUT2D eigenvalue weighted by atomic mass is 32.2. The van der Waals surface area contributed by atoms with Crippen LogP contribution in [-0.2, 0) is 21.3 Å². The first-order chi connectivity index (χ1) is 11.6. The van der Waals surface area contributed by atoms with E-state index in [0.29, 0.717) is 15.8 Å². The van der Waals surface area contributed by atoms with Gasteiger partial charge in [0.2, 0.25) is 5.91 Å².